The maximum atomic E-state index is 5.73. The fourth-order valence-electron chi connectivity index (χ4n) is 2.57. The summed E-state index contributed by atoms with van der Waals surface area (Å²) in [6.45, 7) is 15.2. The summed E-state index contributed by atoms with van der Waals surface area (Å²) < 4.78 is 7.67. The third-order valence-electron chi connectivity index (χ3n) is 3.59. The highest BCUT2D eigenvalue weighted by Crippen LogP contribution is 2.16. The molecule has 1 saturated heterocycles. The molecule has 0 atom stereocenters. The van der Waals surface area contributed by atoms with Crippen LogP contribution < -0.4 is 5.32 Å². The molecule has 1 aliphatic heterocycles. The van der Waals surface area contributed by atoms with E-state index in [1.165, 1.54) is 0 Å². The van der Waals surface area contributed by atoms with Crippen LogP contribution in [0.1, 0.15) is 33.4 Å². The van der Waals surface area contributed by atoms with E-state index in [2.05, 4.69) is 48.2 Å². The number of rotatable bonds is 7. The van der Waals surface area contributed by atoms with Crippen molar-refractivity contribution in [2.45, 2.75) is 46.4 Å². The smallest absolute Gasteiger partial charge is 0.0964 e. The summed E-state index contributed by atoms with van der Waals surface area (Å²) in [4.78, 5) is 2.43. The summed E-state index contributed by atoms with van der Waals surface area (Å²) in [5, 5.41) is 11.8. The molecule has 1 fully saturated rings. The first-order valence-corrected chi connectivity index (χ1v) is 7.91. The van der Waals surface area contributed by atoms with Gasteiger partial charge in [-0.2, -0.15) is 0 Å². The number of aromatic nitrogens is 3. The molecule has 0 aromatic carbocycles. The average molecular weight is 295 g/mol. The molecule has 6 heteroatoms. The van der Waals surface area contributed by atoms with Gasteiger partial charge >= 0.3 is 0 Å². The maximum Gasteiger partial charge on any atom is 0.0964 e. The van der Waals surface area contributed by atoms with Crippen LogP contribution in [0.2, 0.25) is 0 Å². The van der Waals surface area contributed by atoms with Gasteiger partial charge < -0.3 is 10.1 Å². The van der Waals surface area contributed by atoms with Crippen molar-refractivity contribution >= 4 is 0 Å². The van der Waals surface area contributed by atoms with Gasteiger partial charge in [0, 0.05) is 32.4 Å². The fraction of sp³-hybridized carbons (Fsp3) is 0.867. The first-order valence-electron chi connectivity index (χ1n) is 7.91. The van der Waals surface area contributed by atoms with Crippen molar-refractivity contribution in [1.82, 2.24) is 25.2 Å². The van der Waals surface area contributed by atoms with Gasteiger partial charge in [0.2, 0.25) is 0 Å². The van der Waals surface area contributed by atoms with E-state index < -0.39 is 0 Å². The van der Waals surface area contributed by atoms with Gasteiger partial charge in [0.05, 0.1) is 24.4 Å². The summed E-state index contributed by atoms with van der Waals surface area (Å²) >= 11 is 0. The number of nitrogens with zero attached hydrogens (tertiary/aromatic N) is 4. The predicted octanol–water partition coefficient (Wildman–Crippen LogP) is 1.13. The van der Waals surface area contributed by atoms with Crippen molar-refractivity contribution in [1.29, 1.82) is 0 Å². The zero-order valence-electron chi connectivity index (χ0n) is 13.8. The minimum atomic E-state index is -0.0352. The quantitative estimate of drug-likeness (QED) is 0.817. The Morgan fingerprint density at radius 3 is 2.90 bits per heavy atom. The van der Waals surface area contributed by atoms with Gasteiger partial charge in [-0.25, -0.2) is 0 Å². The Morgan fingerprint density at radius 1 is 1.38 bits per heavy atom. The van der Waals surface area contributed by atoms with E-state index in [9.17, 15) is 0 Å². The lowest BCUT2D eigenvalue weighted by Gasteiger charge is -2.38. The zero-order chi connectivity index (χ0) is 15.3. The van der Waals surface area contributed by atoms with E-state index in [4.69, 9.17) is 4.74 Å². The molecule has 0 amide bonds. The Morgan fingerprint density at radius 2 is 2.19 bits per heavy atom. The lowest BCUT2D eigenvalue weighted by molar-refractivity contribution is -0.0866. The van der Waals surface area contributed by atoms with Crippen molar-refractivity contribution in [3.05, 3.63) is 11.9 Å². The molecule has 1 N–H and O–H groups in total. The molecular formula is C15H29N5O. The molecule has 0 spiro atoms. The zero-order valence-corrected chi connectivity index (χ0v) is 13.8. The molecule has 1 aromatic rings. The van der Waals surface area contributed by atoms with Crippen molar-refractivity contribution in [2.24, 2.45) is 5.92 Å². The van der Waals surface area contributed by atoms with Crippen molar-refractivity contribution in [3.8, 4) is 0 Å². The second kappa shape index (κ2) is 7.33. The fourth-order valence-corrected chi connectivity index (χ4v) is 2.57. The van der Waals surface area contributed by atoms with Crippen LogP contribution in [0.3, 0.4) is 0 Å². The molecule has 1 aromatic heterocycles. The van der Waals surface area contributed by atoms with Crippen LogP contribution in [-0.4, -0.2) is 58.3 Å². The second-order valence-electron chi connectivity index (χ2n) is 6.88. The summed E-state index contributed by atoms with van der Waals surface area (Å²) in [6.07, 6.45) is 2.04. The van der Waals surface area contributed by atoms with Crippen LogP contribution >= 0.6 is 0 Å². The highest BCUT2D eigenvalue weighted by Gasteiger charge is 2.26. The number of hydrogen-bond acceptors (Lipinski definition) is 5. The number of ether oxygens (including phenoxy) is 1. The van der Waals surface area contributed by atoms with E-state index in [0.717, 1.165) is 51.6 Å². The topological polar surface area (TPSA) is 55.2 Å². The van der Waals surface area contributed by atoms with E-state index in [-0.39, 0.29) is 5.60 Å². The van der Waals surface area contributed by atoms with Crippen LogP contribution in [0.5, 0.6) is 0 Å². The van der Waals surface area contributed by atoms with Crippen LogP contribution in [0, 0.1) is 5.92 Å². The van der Waals surface area contributed by atoms with E-state index >= 15 is 0 Å². The van der Waals surface area contributed by atoms with Crippen LogP contribution in [0.4, 0.5) is 0 Å². The predicted molar refractivity (Wildman–Crippen MR) is 83.0 cm³/mol. The van der Waals surface area contributed by atoms with Crippen molar-refractivity contribution < 1.29 is 4.74 Å². The second-order valence-corrected chi connectivity index (χ2v) is 6.88. The minimum absolute atomic E-state index is 0.0352. The number of morpholine rings is 1. The van der Waals surface area contributed by atoms with Crippen LogP contribution in [0.25, 0.3) is 0 Å². The third-order valence-corrected chi connectivity index (χ3v) is 3.59. The Hall–Kier alpha value is -0.980. The molecule has 120 valence electrons. The van der Waals surface area contributed by atoms with Crippen LogP contribution in [0.15, 0.2) is 6.20 Å². The number of nitrogens with one attached hydrogen (secondary N) is 1. The van der Waals surface area contributed by atoms with Gasteiger partial charge in [0.25, 0.3) is 0 Å². The Kier molecular flexibility index (Phi) is 5.72. The highest BCUT2D eigenvalue weighted by molar-refractivity contribution is 4.91. The highest BCUT2D eigenvalue weighted by atomic mass is 16.5. The Bertz CT molecular complexity index is 429. The molecule has 1 aliphatic rings. The summed E-state index contributed by atoms with van der Waals surface area (Å²) in [5.74, 6) is 0.657. The van der Waals surface area contributed by atoms with Crippen molar-refractivity contribution in [3.63, 3.8) is 0 Å². The van der Waals surface area contributed by atoms with Gasteiger partial charge in [-0.1, -0.05) is 19.1 Å². The normalized spacial score (nSPS) is 19.3. The number of hydrogen-bond donors (Lipinski definition) is 1. The van der Waals surface area contributed by atoms with E-state index in [1.54, 1.807) is 0 Å². The summed E-state index contributed by atoms with van der Waals surface area (Å²) in [7, 11) is 0. The maximum absolute atomic E-state index is 5.73. The molecule has 0 bridgehead atoms. The third kappa shape index (κ3) is 5.73. The molecule has 6 nitrogen and oxygen atoms in total. The van der Waals surface area contributed by atoms with Crippen molar-refractivity contribution in [2.75, 3.05) is 32.8 Å². The van der Waals surface area contributed by atoms with Gasteiger partial charge in [-0.05, 0) is 26.3 Å². The van der Waals surface area contributed by atoms with E-state index in [0.29, 0.717) is 5.92 Å². The van der Waals surface area contributed by atoms with Gasteiger partial charge in [0.1, 0.15) is 0 Å². The SMILES string of the molecule is CC(C)CNCc1cn(CCN2CCOC(C)(C)C2)nn1. The van der Waals surface area contributed by atoms with Crippen LogP contribution in [-0.2, 0) is 17.8 Å². The summed E-state index contributed by atoms with van der Waals surface area (Å²) in [5.41, 5.74) is 0.977. The molecule has 0 unspecified atom stereocenters. The molecule has 0 radical (unpaired) electrons. The molecule has 2 heterocycles. The Balaban J connectivity index is 1.72. The molecule has 0 saturated carbocycles. The molecule has 0 aliphatic carbocycles. The average Bonchev–Trinajstić information content (AvgIpc) is 2.83. The largest absolute Gasteiger partial charge is 0.373 e. The summed E-state index contributed by atoms with van der Waals surface area (Å²) in [6, 6.07) is 0. The first-order chi connectivity index (χ1) is 9.94. The van der Waals surface area contributed by atoms with Gasteiger partial charge in [-0.15, -0.1) is 5.10 Å². The Labute approximate surface area is 127 Å². The van der Waals surface area contributed by atoms with Gasteiger partial charge in [-0.3, -0.25) is 9.58 Å². The lowest BCUT2D eigenvalue weighted by Crippen LogP contribution is -2.49. The van der Waals surface area contributed by atoms with E-state index in [1.807, 2.05) is 10.9 Å². The lowest BCUT2D eigenvalue weighted by atomic mass is 10.1. The monoisotopic (exact) mass is 295 g/mol. The minimum Gasteiger partial charge on any atom is -0.373 e. The molecule has 21 heavy (non-hydrogen) atoms. The van der Waals surface area contributed by atoms with Gasteiger partial charge in [0.15, 0.2) is 0 Å². The first kappa shape index (κ1) is 16.4. The molecule has 2 rings (SSSR count). The molecular weight excluding hydrogens is 266 g/mol. The standard InChI is InChI=1S/C15H29N5O/c1-13(2)9-16-10-14-11-20(18-17-14)6-5-19-7-8-21-15(3,4)12-19/h11,13,16H,5-10,12H2,1-4H3.